The number of alkyl halides is 3. The maximum absolute atomic E-state index is 12.5. The Kier molecular flexibility index (Phi) is 3.17. The summed E-state index contributed by atoms with van der Waals surface area (Å²) in [5, 5.41) is 2.10. The highest BCUT2D eigenvalue weighted by Crippen LogP contribution is 2.35. The van der Waals surface area contributed by atoms with Crippen LogP contribution in [0, 0.1) is 0 Å². The van der Waals surface area contributed by atoms with Gasteiger partial charge in [-0.25, -0.2) is 9.10 Å². The van der Waals surface area contributed by atoms with Crippen LogP contribution < -0.4 is 5.32 Å². The Bertz CT molecular complexity index is 586. The Morgan fingerprint density at radius 2 is 1.79 bits per heavy atom. The van der Waals surface area contributed by atoms with Gasteiger partial charge >= 0.3 is 21.6 Å². The smallest absolute Gasteiger partial charge is 0.335 e. The van der Waals surface area contributed by atoms with E-state index in [1.165, 1.54) is 12.1 Å². The molecule has 1 heterocycles. The van der Waals surface area contributed by atoms with Gasteiger partial charge in [0.2, 0.25) is 0 Å². The molecule has 19 heavy (non-hydrogen) atoms. The molecule has 0 aromatic heterocycles. The van der Waals surface area contributed by atoms with Crippen LogP contribution in [0.5, 0.6) is 0 Å². The minimum Gasteiger partial charge on any atom is -0.335 e. The van der Waals surface area contributed by atoms with E-state index >= 15 is 0 Å². The molecule has 0 saturated carbocycles. The molecule has 0 radical (unpaired) electrons. The van der Waals surface area contributed by atoms with Crippen LogP contribution in [-0.2, 0) is 10.0 Å². The summed E-state index contributed by atoms with van der Waals surface area (Å²) < 4.78 is 60.2. The van der Waals surface area contributed by atoms with Crippen LogP contribution in [0.2, 0.25) is 0 Å². The van der Waals surface area contributed by atoms with Crippen molar-refractivity contribution >= 4 is 16.1 Å². The fourth-order valence-corrected chi connectivity index (χ4v) is 2.84. The maximum Gasteiger partial charge on any atom is 0.516 e. The van der Waals surface area contributed by atoms with Gasteiger partial charge in [0.1, 0.15) is 0 Å². The van der Waals surface area contributed by atoms with Crippen molar-refractivity contribution in [2.45, 2.75) is 11.6 Å². The SMILES string of the molecule is O=C1NCC(c2ccccc2)N1S(=O)(=O)C(F)(F)F. The van der Waals surface area contributed by atoms with Gasteiger partial charge in [0, 0.05) is 6.54 Å². The van der Waals surface area contributed by atoms with E-state index in [-0.39, 0.29) is 10.8 Å². The van der Waals surface area contributed by atoms with Crippen molar-refractivity contribution in [1.29, 1.82) is 0 Å². The summed E-state index contributed by atoms with van der Waals surface area (Å²) >= 11 is 0. The first-order chi connectivity index (χ1) is 8.75. The number of urea groups is 1. The molecule has 104 valence electrons. The summed E-state index contributed by atoms with van der Waals surface area (Å²) in [4.78, 5) is 11.4. The van der Waals surface area contributed by atoms with Crippen molar-refractivity contribution in [2.24, 2.45) is 0 Å². The summed E-state index contributed by atoms with van der Waals surface area (Å²) in [6.07, 6.45) is 0. The Hall–Kier alpha value is -1.77. The average Bonchev–Trinajstić information content (AvgIpc) is 2.71. The van der Waals surface area contributed by atoms with Crippen molar-refractivity contribution in [3.05, 3.63) is 35.9 Å². The second-order valence-electron chi connectivity index (χ2n) is 3.86. The van der Waals surface area contributed by atoms with Crippen LogP contribution >= 0.6 is 0 Å². The molecule has 1 atom stereocenters. The molecule has 0 spiro atoms. The predicted molar refractivity (Wildman–Crippen MR) is 59.4 cm³/mol. The molecule has 0 bridgehead atoms. The zero-order chi connectivity index (χ0) is 14.3. The molecule has 1 fully saturated rings. The Labute approximate surface area is 107 Å². The van der Waals surface area contributed by atoms with E-state index in [0.29, 0.717) is 5.56 Å². The second-order valence-corrected chi connectivity index (χ2v) is 5.67. The van der Waals surface area contributed by atoms with Crippen molar-refractivity contribution in [3.8, 4) is 0 Å². The molecular weight excluding hydrogens is 285 g/mol. The van der Waals surface area contributed by atoms with Crippen LogP contribution in [0.1, 0.15) is 11.6 Å². The highest BCUT2D eigenvalue weighted by molar-refractivity contribution is 7.90. The number of nitrogens with zero attached hydrogens (tertiary/aromatic N) is 1. The van der Waals surface area contributed by atoms with Gasteiger partial charge in [-0.15, -0.1) is 0 Å². The first kappa shape index (κ1) is 13.7. The fraction of sp³-hybridized carbons (Fsp3) is 0.300. The lowest BCUT2D eigenvalue weighted by Crippen LogP contribution is -2.43. The zero-order valence-electron chi connectivity index (χ0n) is 9.39. The summed E-state index contributed by atoms with van der Waals surface area (Å²) in [6, 6.07) is 5.20. The quantitative estimate of drug-likeness (QED) is 0.901. The van der Waals surface area contributed by atoms with Crippen LogP contribution in [0.3, 0.4) is 0 Å². The lowest BCUT2D eigenvalue weighted by molar-refractivity contribution is -0.0482. The van der Waals surface area contributed by atoms with Crippen molar-refractivity contribution in [3.63, 3.8) is 0 Å². The van der Waals surface area contributed by atoms with Gasteiger partial charge in [-0.2, -0.15) is 21.6 Å². The topological polar surface area (TPSA) is 66.5 Å². The normalized spacial score (nSPS) is 20.5. The number of hydrogen-bond donors (Lipinski definition) is 1. The van der Waals surface area contributed by atoms with Crippen LogP contribution in [0.4, 0.5) is 18.0 Å². The zero-order valence-corrected chi connectivity index (χ0v) is 10.2. The van der Waals surface area contributed by atoms with Gasteiger partial charge in [0.25, 0.3) is 0 Å². The minimum atomic E-state index is -5.70. The highest BCUT2D eigenvalue weighted by atomic mass is 32.2. The molecule has 1 N–H and O–H groups in total. The molecule has 1 aromatic carbocycles. The number of benzene rings is 1. The standard InChI is InChI=1S/C10H9F3N2O3S/c11-10(12,13)19(17,18)15-8(6-14-9(15)16)7-4-2-1-3-5-7/h1-5,8H,6H2,(H,14,16). The molecule has 0 aliphatic carbocycles. The van der Waals surface area contributed by atoms with Gasteiger partial charge in [-0.3, -0.25) is 0 Å². The van der Waals surface area contributed by atoms with Gasteiger partial charge in [-0.05, 0) is 5.56 Å². The van der Waals surface area contributed by atoms with Gasteiger partial charge < -0.3 is 5.32 Å². The third-order valence-corrected chi connectivity index (χ3v) is 4.19. The maximum atomic E-state index is 12.5. The molecule has 1 aliphatic heterocycles. The summed E-state index contributed by atoms with van der Waals surface area (Å²) in [7, 11) is -5.70. The summed E-state index contributed by atoms with van der Waals surface area (Å²) in [5.41, 5.74) is -5.20. The fourth-order valence-electron chi connectivity index (χ4n) is 1.80. The lowest BCUT2D eigenvalue weighted by atomic mass is 10.1. The van der Waals surface area contributed by atoms with E-state index in [9.17, 15) is 26.4 Å². The molecule has 9 heteroatoms. The predicted octanol–water partition coefficient (Wildman–Crippen LogP) is 1.60. The first-order valence-corrected chi connectivity index (χ1v) is 6.62. The number of nitrogens with one attached hydrogen (secondary N) is 1. The van der Waals surface area contributed by atoms with E-state index in [4.69, 9.17) is 0 Å². The third-order valence-electron chi connectivity index (χ3n) is 2.67. The number of amides is 2. The van der Waals surface area contributed by atoms with Crippen molar-refractivity contribution in [2.75, 3.05) is 6.54 Å². The van der Waals surface area contributed by atoms with Crippen LogP contribution in [0.15, 0.2) is 30.3 Å². The summed E-state index contributed by atoms with van der Waals surface area (Å²) in [5.74, 6) is 0. The minimum absolute atomic E-state index is 0.150. The monoisotopic (exact) mass is 294 g/mol. The average molecular weight is 294 g/mol. The van der Waals surface area contributed by atoms with Crippen LogP contribution in [0.25, 0.3) is 0 Å². The van der Waals surface area contributed by atoms with E-state index in [2.05, 4.69) is 5.32 Å². The number of hydrogen-bond acceptors (Lipinski definition) is 3. The number of rotatable bonds is 2. The second kappa shape index (κ2) is 4.41. The molecule has 1 aliphatic rings. The molecule has 1 unspecified atom stereocenters. The molecule has 1 saturated heterocycles. The van der Waals surface area contributed by atoms with Crippen molar-refractivity contribution in [1.82, 2.24) is 9.62 Å². The largest absolute Gasteiger partial charge is 0.516 e. The van der Waals surface area contributed by atoms with Gasteiger partial charge in [0.15, 0.2) is 0 Å². The van der Waals surface area contributed by atoms with E-state index in [0.717, 1.165) is 0 Å². The number of sulfonamides is 1. The van der Waals surface area contributed by atoms with Crippen LogP contribution in [-0.4, -0.2) is 30.8 Å². The van der Waals surface area contributed by atoms with E-state index < -0.39 is 27.6 Å². The number of halogens is 3. The van der Waals surface area contributed by atoms with Crippen molar-refractivity contribution < 1.29 is 26.4 Å². The highest BCUT2D eigenvalue weighted by Gasteiger charge is 2.56. The molecular formula is C10H9F3N2O3S. The first-order valence-electron chi connectivity index (χ1n) is 5.18. The number of carbonyl (C=O) groups excluding carboxylic acids is 1. The number of carbonyl (C=O) groups is 1. The van der Waals surface area contributed by atoms with Gasteiger partial charge in [0.05, 0.1) is 6.04 Å². The molecule has 2 amide bonds. The Balaban J connectivity index is 2.46. The third kappa shape index (κ3) is 2.25. The van der Waals surface area contributed by atoms with E-state index in [1.54, 1.807) is 18.2 Å². The Morgan fingerprint density at radius 3 is 2.32 bits per heavy atom. The molecule has 2 rings (SSSR count). The van der Waals surface area contributed by atoms with E-state index in [1.807, 2.05) is 0 Å². The molecule has 5 nitrogen and oxygen atoms in total. The van der Waals surface area contributed by atoms with Gasteiger partial charge in [-0.1, -0.05) is 30.3 Å². The molecule has 1 aromatic rings. The lowest BCUT2D eigenvalue weighted by Gasteiger charge is -2.23. The summed E-state index contributed by atoms with van der Waals surface area (Å²) in [6.45, 7) is -0.196. The Morgan fingerprint density at radius 1 is 1.21 bits per heavy atom.